The maximum absolute atomic E-state index is 9.79. The van der Waals surface area contributed by atoms with Crippen molar-refractivity contribution in [2.75, 3.05) is 12.8 Å². The highest BCUT2D eigenvalue weighted by molar-refractivity contribution is 14.1. The minimum Gasteiger partial charge on any atom is -0.504 e. The number of aryl methyl sites for hydroxylation is 1. The highest BCUT2D eigenvalue weighted by Crippen LogP contribution is 2.31. The summed E-state index contributed by atoms with van der Waals surface area (Å²) in [4.78, 5) is 8.72. The van der Waals surface area contributed by atoms with Crippen LogP contribution in [0.3, 0.4) is 0 Å². The number of rotatable bonds is 3. The first-order valence-electron chi connectivity index (χ1n) is 5.76. The van der Waals surface area contributed by atoms with E-state index < -0.39 is 0 Å². The minimum absolute atomic E-state index is 0.0544. The summed E-state index contributed by atoms with van der Waals surface area (Å²) in [6, 6.07) is 5.04. The summed E-state index contributed by atoms with van der Waals surface area (Å²) in [5.41, 5.74) is 7.49. The summed E-state index contributed by atoms with van der Waals surface area (Å²) >= 11 is 2.14. The fourth-order valence-electron chi connectivity index (χ4n) is 1.71. The molecule has 1 aromatic carbocycles. The number of nitrogen functional groups attached to an aromatic ring is 1. The Morgan fingerprint density at radius 2 is 2.11 bits per heavy atom. The lowest BCUT2D eigenvalue weighted by atomic mass is 10.2. The van der Waals surface area contributed by atoms with Crippen LogP contribution >= 0.6 is 22.6 Å². The van der Waals surface area contributed by atoms with Crippen molar-refractivity contribution in [3.8, 4) is 22.9 Å². The van der Waals surface area contributed by atoms with Crippen molar-refractivity contribution in [3.63, 3.8) is 0 Å². The molecule has 19 heavy (non-hydrogen) atoms. The average molecular weight is 371 g/mol. The van der Waals surface area contributed by atoms with E-state index >= 15 is 0 Å². The number of ether oxygens (including phenoxy) is 1. The smallest absolute Gasteiger partial charge is 0.161 e. The minimum atomic E-state index is 0.0544. The molecule has 0 saturated carbocycles. The Balaban J connectivity index is 2.53. The topological polar surface area (TPSA) is 81.3 Å². The molecule has 0 radical (unpaired) electrons. The van der Waals surface area contributed by atoms with Crippen molar-refractivity contribution in [2.45, 2.75) is 13.3 Å². The molecule has 100 valence electrons. The van der Waals surface area contributed by atoms with Crippen LogP contribution in [-0.2, 0) is 6.42 Å². The van der Waals surface area contributed by atoms with Gasteiger partial charge in [-0.2, -0.15) is 0 Å². The second kappa shape index (κ2) is 5.60. The van der Waals surface area contributed by atoms with Crippen LogP contribution in [0.15, 0.2) is 18.2 Å². The largest absolute Gasteiger partial charge is 0.504 e. The summed E-state index contributed by atoms with van der Waals surface area (Å²) in [5, 5.41) is 9.79. The molecule has 0 atom stereocenters. The van der Waals surface area contributed by atoms with Crippen molar-refractivity contribution in [1.29, 1.82) is 0 Å². The van der Waals surface area contributed by atoms with Gasteiger partial charge in [-0.15, -0.1) is 0 Å². The number of benzene rings is 1. The van der Waals surface area contributed by atoms with E-state index in [1.807, 2.05) is 6.92 Å². The predicted molar refractivity (Wildman–Crippen MR) is 82.2 cm³/mol. The average Bonchev–Trinajstić information content (AvgIpc) is 2.41. The van der Waals surface area contributed by atoms with Gasteiger partial charge in [0.2, 0.25) is 0 Å². The predicted octanol–water partition coefficient (Wildman–Crippen LogP) is 2.61. The molecule has 1 heterocycles. The normalized spacial score (nSPS) is 10.5. The number of nitrogens with zero attached hydrogens (tertiary/aromatic N) is 2. The quantitative estimate of drug-likeness (QED) is 0.811. The van der Waals surface area contributed by atoms with Crippen LogP contribution in [0, 0.1) is 3.57 Å². The van der Waals surface area contributed by atoms with E-state index in [9.17, 15) is 5.11 Å². The van der Waals surface area contributed by atoms with Gasteiger partial charge < -0.3 is 15.6 Å². The number of aromatic nitrogens is 2. The lowest BCUT2D eigenvalue weighted by Gasteiger charge is -2.09. The first-order valence-corrected chi connectivity index (χ1v) is 6.84. The van der Waals surface area contributed by atoms with Crippen molar-refractivity contribution in [2.24, 2.45) is 0 Å². The highest BCUT2D eigenvalue weighted by Gasteiger charge is 2.12. The number of anilines is 1. The molecular formula is C13H14IN3O2. The maximum Gasteiger partial charge on any atom is 0.161 e. The van der Waals surface area contributed by atoms with Gasteiger partial charge in [0.15, 0.2) is 17.3 Å². The Bertz CT molecular complexity index is 617. The molecule has 0 spiro atoms. The summed E-state index contributed by atoms with van der Waals surface area (Å²) in [6.45, 7) is 2.01. The lowest BCUT2D eigenvalue weighted by molar-refractivity contribution is 0.373. The first kappa shape index (κ1) is 13.9. The van der Waals surface area contributed by atoms with Crippen molar-refractivity contribution >= 4 is 28.4 Å². The monoisotopic (exact) mass is 371 g/mol. The van der Waals surface area contributed by atoms with Crippen LogP contribution < -0.4 is 10.5 Å². The Labute approximate surface area is 125 Å². The van der Waals surface area contributed by atoms with Gasteiger partial charge in [0.05, 0.1) is 16.4 Å². The molecule has 2 rings (SSSR count). The Morgan fingerprint density at radius 1 is 1.37 bits per heavy atom. The maximum atomic E-state index is 9.79. The van der Waals surface area contributed by atoms with Crippen LogP contribution in [0.2, 0.25) is 0 Å². The molecule has 0 aliphatic rings. The number of aromatic hydroxyl groups is 1. The number of phenols is 1. The molecule has 3 N–H and O–H groups in total. The van der Waals surface area contributed by atoms with Crippen LogP contribution in [0.25, 0.3) is 11.4 Å². The van der Waals surface area contributed by atoms with Crippen molar-refractivity contribution in [1.82, 2.24) is 9.97 Å². The van der Waals surface area contributed by atoms with E-state index in [-0.39, 0.29) is 5.75 Å². The SMILES string of the molecule is CCc1nc(-c2ccc(OC)c(O)c2)nc(N)c1I. The van der Waals surface area contributed by atoms with Gasteiger partial charge in [0, 0.05) is 5.56 Å². The van der Waals surface area contributed by atoms with E-state index in [0.29, 0.717) is 23.0 Å². The molecule has 5 nitrogen and oxygen atoms in total. The number of hydrogen-bond acceptors (Lipinski definition) is 5. The summed E-state index contributed by atoms with van der Waals surface area (Å²) in [5.74, 6) is 1.43. The van der Waals surface area contributed by atoms with Crippen LogP contribution in [0.4, 0.5) is 5.82 Å². The van der Waals surface area contributed by atoms with Gasteiger partial charge in [-0.25, -0.2) is 9.97 Å². The first-order chi connectivity index (χ1) is 9.06. The zero-order valence-electron chi connectivity index (χ0n) is 10.6. The van der Waals surface area contributed by atoms with Gasteiger partial charge in [0.25, 0.3) is 0 Å². The number of phenolic OH excluding ortho intramolecular Hbond substituents is 1. The Hall–Kier alpha value is -1.57. The van der Waals surface area contributed by atoms with E-state index in [2.05, 4.69) is 32.6 Å². The van der Waals surface area contributed by atoms with Crippen LogP contribution in [0.1, 0.15) is 12.6 Å². The van der Waals surface area contributed by atoms with Gasteiger partial charge >= 0.3 is 0 Å². The van der Waals surface area contributed by atoms with Gasteiger partial charge in [-0.3, -0.25) is 0 Å². The molecule has 0 aliphatic carbocycles. The molecule has 6 heteroatoms. The fraction of sp³-hybridized carbons (Fsp3) is 0.231. The Morgan fingerprint density at radius 3 is 2.68 bits per heavy atom. The Kier molecular flexibility index (Phi) is 4.08. The zero-order valence-corrected chi connectivity index (χ0v) is 12.8. The highest BCUT2D eigenvalue weighted by atomic mass is 127. The van der Waals surface area contributed by atoms with Crippen LogP contribution in [0.5, 0.6) is 11.5 Å². The van der Waals surface area contributed by atoms with Gasteiger partial charge in [-0.05, 0) is 47.2 Å². The van der Waals surface area contributed by atoms with Crippen LogP contribution in [-0.4, -0.2) is 22.2 Å². The van der Waals surface area contributed by atoms with E-state index in [1.54, 1.807) is 18.2 Å². The molecule has 1 aromatic heterocycles. The zero-order chi connectivity index (χ0) is 14.0. The summed E-state index contributed by atoms with van der Waals surface area (Å²) in [6.07, 6.45) is 0.778. The summed E-state index contributed by atoms with van der Waals surface area (Å²) < 4.78 is 5.88. The molecule has 0 unspecified atom stereocenters. The second-order valence-electron chi connectivity index (χ2n) is 3.93. The fourth-order valence-corrected chi connectivity index (χ4v) is 2.33. The number of methoxy groups -OCH3 is 1. The molecule has 0 fully saturated rings. The third kappa shape index (κ3) is 2.73. The van der Waals surface area contributed by atoms with E-state index in [4.69, 9.17) is 10.5 Å². The van der Waals surface area contributed by atoms with Gasteiger partial charge in [0.1, 0.15) is 5.82 Å². The second-order valence-corrected chi connectivity index (χ2v) is 5.01. The molecule has 0 aliphatic heterocycles. The molecule has 0 saturated heterocycles. The standard InChI is InChI=1S/C13H14IN3O2/c1-3-8-11(14)12(15)17-13(16-8)7-4-5-10(19-2)9(18)6-7/h4-6,18H,3H2,1-2H3,(H2,15,16,17). The summed E-state index contributed by atoms with van der Waals surface area (Å²) in [7, 11) is 1.50. The third-order valence-corrected chi connectivity index (χ3v) is 3.89. The van der Waals surface area contributed by atoms with Crippen molar-refractivity contribution < 1.29 is 9.84 Å². The van der Waals surface area contributed by atoms with Crippen molar-refractivity contribution in [3.05, 3.63) is 27.5 Å². The lowest BCUT2D eigenvalue weighted by Crippen LogP contribution is -2.04. The molecular weight excluding hydrogens is 357 g/mol. The number of halogens is 1. The molecule has 0 amide bonds. The van der Waals surface area contributed by atoms with Gasteiger partial charge in [-0.1, -0.05) is 6.92 Å². The number of hydrogen-bond donors (Lipinski definition) is 2. The molecule has 0 bridgehead atoms. The molecule has 2 aromatic rings. The number of nitrogens with two attached hydrogens (primary N) is 1. The third-order valence-electron chi connectivity index (χ3n) is 2.72. The van der Waals surface area contributed by atoms with E-state index in [0.717, 1.165) is 15.7 Å². The van der Waals surface area contributed by atoms with E-state index in [1.165, 1.54) is 7.11 Å².